The van der Waals surface area contributed by atoms with Crippen molar-refractivity contribution in [2.75, 3.05) is 5.32 Å². The molecule has 4 rings (SSSR count). The van der Waals surface area contributed by atoms with Crippen molar-refractivity contribution in [3.05, 3.63) is 101 Å². The van der Waals surface area contributed by atoms with E-state index in [9.17, 15) is 9.59 Å². The van der Waals surface area contributed by atoms with Crippen LogP contribution >= 0.6 is 11.3 Å². The third kappa shape index (κ3) is 5.53. The first kappa shape index (κ1) is 23.3. The average Bonchev–Trinajstić information content (AvgIpc) is 3.19. The van der Waals surface area contributed by atoms with Crippen LogP contribution < -0.4 is 5.32 Å². The zero-order chi connectivity index (χ0) is 24.1. The minimum Gasteiger partial charge on any atom is -0.481 e. The highest BCUT2D eigenvalue weighted by atomic mass is 32.1. The Morgan fingerprint density at radius 1 is 0.912 bits per heavy atom. The van der Waals surface area contributed by atoms with Crippen molar-refractivity contribution >= 4 is 29.1 Å². The largest absolute Gasteiger partial charge is 0.481 e. The molecule has 3 aromatic carbocycles. The molecule has 1 aromatic heterocycles. The van der Waals surface area contributed by atoms with E-state index in [0.29, 0.717) is 0 Å². The molecule has 34 heavy (non-hydrogen) atoms. The lowest BCUT2D eigenvalue weighted by atomic mass is 10.0. The third-order valence-corrected chi connectivity index (χ3v) is 6.69. The molecule has 5 nitrogen and oxygen atoms in total. The van der Waals surface area contributed by atoms with E-state index in [-0.39, 0.29) is 12.5 Å². The lowest BCUT2D eigenvalue weighted by molar-refractivity contribution is -0.136. The topological polar surface area (TPSA) is 75.6 Å². The highest BCUT2D eigenvalue weighted by Crippen LogP contribution is 2.38. The Bertz CT molecular complexity index is 1280. The van der Waals surface area contributed by atoms with E-state index in [1.165, 1.54) is 0 Å². The second-order valence-electron chi connectivity index (χ2n) is 8.05. The molecule has 0 saturated heterocycles. The number of amides is 1. The molecule has 2 N–H and O–H groups in total. The number of hydrogen-bond acceptors (Lipinski definition) is 4. The Labute approximate surface area is 202 Å². The van der Waals surface area contributed by atoms with Crippen LogP contribution in [0.3, 0.4) is 0 Å². The van der Waals surface area contributed by atoms with Crippen LogP contribution in [0.25, 0.3) is 21.6 Å². The average molecular weight is 472 g/mol. The molecular weight excluding hydrogens is 446 g/mol. The molecule has 0 spiro atoms. The molecule has 0 fully saturated rings. The standard InChI is InChI=1S/C28H25NO4S/c1-18-17-34-27(26(18)29-28(32)33-19(2)21-6-4-3-5-7-21)24-14-12-23(13-15-24)22-10-8-20(9-11-22)16-25(30)31/h3-15,17,19H,16H2,1-2H3,(H,29,32)(H,30,31). The number of benzene rings is 3. The van der Waals surface area contributed by atoms with Gasteiger partial charge in [0.2, 0.25) is 0 Å². The van der Waals surface area contributed by atoms with Gasteiger partial charge in [-0.1, -0.05) is 78.9 Å². The minimum atomic E-state index is -0.842. The number of rotatable bonds is 7. The van der Waals surface area contributed by atoms with Crippen molar-refractivity contribution in [1.29, 1.82) is 0 Å². The van der Waals surface area contributed by atoms with E-state index in [1.54, 1.807) is 11.3 Å². The van der Waals surface area contributed by atoms with Gasteiger partial charge in [-0.2, -0.15) is 0 Å². The van der Waals surface area contributed by atoms with Gasteiger partial charge in [-0.05, 0) is 52.6 Å². The molecule has 0 radical (unpaired) electrons. The van der Waals surface area contributed by atoms with E-state index in [4.69, 9.17) is 9.84 Å². The Balaban J connectivity index is 1.48. The second-order valence-corrected chi connectivity index (χ2v) is 8.93. The second kappa shape index (κ2) is 10.4. The number of nitrogens with one attached hydrogen (secondary N) is 1. The van der Waals surface area contributed by atoms with Crippen LogP contribution in [0.4, 0.5) is 10.5 Å². The summed E-state index contributed by atoms with van der Waals surface area (Å²) < 4.78 is 5.58. The predicted octanol–water partition coefficient (Wildman–Crippen LogP) is 7.33. The van der Waals surface area contributed by atoms with Gasteiger partial charge in [0.15, 0.2) is 0 Å². The summed E-state index contributed by atoms with van der Waals surface area (Å²) in [6.07, 6.45) is -0.832. The molecule has 1 heterocycles. The molecule has 0 saturated carbocycles. The fraction of sp³-hybridized carbons (Fsp3) is 0.143. The predicted molar refractivity (Wildman–Crippen MR) is 136 cm³/mol. The van der Waals surface area contributed by atoms with E-state index in [0.717, 1.165) is 43.9 Å². The maximum Gasteiger partial charge on any atom is 0.412 e. The number of aliphatic carboxylic acids is 1. The van der Waals surface area contributed by atoms with Crippen molar-refractivity contribution in [3.8, 4) is 21.6 Å². The lowest BCUT2D eigenvalue weighted by Gasteiger charge is -2.15. The maximum absolute atomic E-state index is 12.6. The number of carbonyl (C=O) groups is 2. The van der Waals surface area contributed by atoms with Gasteiger partial charge in [-0.15, -0.1) is 11.3 Å². The van der Waals surface area contributed by atoms with Crippen LogP contribution in [0.1, 0.15) is 29.7 Å². The highest BCUT2D eigenvalue weighted by molar-refractivity contribution is 7.14. The summed E-state index contributed by atoms with van der Waals surface area (Å²) in [7, 11) is 0. The summed E-state index contributed by atoms with van der Waals surface area (Å²) in [5, 5.41) is 13.9. The van der Waals surface area contributed by atoms with Crippen LogP contribution in [0, 0.1) is 6.92 Å². The zero-order valence-corrected chi connectivity index (χ0v) is 19.8. The van der Waals surface area contributed by atoms with Gasteiger partial charge in [0.05, 0.1) is 17.0 Å². The smallest absolute Gasteiger partial charge is 0.412 e. The molecule has 172 valence electrons. The third-order valence-electron chi connectivity index (χ3n) is 5.54. The molecular formula is C28H25NO4S. The van der Waals surface area contributed by atoms with Gasteiger partial charge in [0.1, 0.15) is 6.10 Å². The number of carboxylic acids is 1. The molecule has 0 bridgehead atoms. The van der Waals surface area contributed by atoms with Crippen molar-refractivity contribution in [2.24, 2.45) is 0 Å². The number of hydrogen-bond donors (Lipinski definition) is 2. The quantitative estimate of drug-likeness (QED) is 0.296. The highest BCUT2D eigenvalue weighted by Gasteiger charge is 2.17. The fourth-order valence-corrected chi connectivity index (χ4v) is 4.71. The Hall–Kier alpha value is -3.90. The van der Waals surface area contributed by atoms with Crippen LogP contribution in [-0.2, 0) is 16.0 Å². The van der Waals surface area contributed by atoms with Gasteiger partial charge in [0.25, 0.3) is 0 Å². The summed E-state index contributed by atoms with van der Waals surface area (Å²) >= 11 is 1.57. The van der Waals surface area contributed by atoms with E-state index in [1.807, 2.05) is 98.1 Å². The number of ether oxygens (including phenoxy) is 1. The number of anilines is 1. The molecule has 1 atom stereocenters. The van der Waals surface area contributed by atoms with Crippen molar-refractivity contribution in [1.82, 2.24) is 0 Å². The molecule has 6 heteroatoms. The summed E-state index contributed by atoms with van der Waals surface area (Å²) in [6, 6.07) is 25.3. The van der Waals surface area contributed by atoms with Gasteiger partial charge in [0, 0.05) is 0 Å². The molecule has 0 aliphatic heterocycles. The minimum absolute atomic E-state index is 0.0132. The zero-order valence-electron chi connectivity index (χ0n) is 18.9. The van der Waals surface area contributed by atoms with Crippen LogP contribution in [0.15, 0.2) is 84.2 Å². The molecule has 1 amide bonds. The number of carbonyl (C=O) groups excluding carboxylic acids is 1. The summed E-state index contributed by atoms with van der Waals surface area (Å²) in [4.78, 5) is 24.4. The summed E-state index contributed by atoms with van der Waals surface area (Å²) in [6.45, 7) is 3.81. The normalized spacial score (nSPS) is 11.6. The van der Waals surface area contributed by atoms with Gasteiger partial charge < -0.3 is 9.84 Å². The number of carboxylic acid groups (broad SMARTS) is 1. The van der Waals surface area contributed by atoms with Gasteiger partial charge >= 0.3 is 12.1 Å². The first-order valence-corrected chi connectivity index (χ1v) is 11.8. The van der Waals surface area contributed by atoms with E-state index in [2.05, 4.69) is 5.32 Å². The maximum atomic E-state index is 12.6. The van der Waals surface area contributed by atoms with Crippen molar-refractivity contribution in [2.45, 2.75) is 26.4 Å². The summed E-state index contributed by atoms with van der Waals surface area (Å²) in [5.74, 6) is -0.842. The Kier molecular flexibility index (Phi) is 7.09. The molecule has 0 aliphatic rings. The van der Waals surface area contributed by atoms with Crippen LogP contribution in [0.2, 0.25) is 0 Å². The molecule has 4 aromatic rings. The van der Waals surface area contributed by atoms with Gasteiger partial charge in [-0.25, -0.2) is 4.79 Å². The SMILES string of the molecule is Cc1csc(-c2ccc(-c3ccc(CC(=O)O)cc3)cc2)c1NC(=O)OC(C)c1ccccc1. The van der Waals surface area contributed by atoms with E-state index < -0.39 is 12.1 Å². The lowest BCUT2D eigenvalue weighted by Crippen LogP contribution is -2.16. The fourth-order valence-electron chi connectivity index (χ4n) is 3.70. The van der Waals surface area contributed by atoms with Crippen LogP contribution in [0.5, 0.6) is 0 Å². The van der Waals surface area contributed by atoms with Crippen molar-refractivity contribution in [3.63, 3.8) is 0 Å². The Morgan fingerprint density at radius 2 is 1.50 bits per heavy atom. The van der Waals surface area contributed by atoms with Crippen LogP contribution in [-0.4, -0.2) is 17.2 Å². The summed E-state index contributed by atoms with van der Waals surface area (Å²) in [5.41, 5.74) is 6.47. The molecule has 0 aliphatic carbocycles. The number of thiophene rings is 1. The van der Waals surface area contributed by atoms with E-state index >= 15 is 0 Å². The first-order chi connectivity index (χ1) is 16.4. The van der Waals surface area contributed by atoms with Gasteiger partial charge in [-0.3, -0.25) is 10.1 Å². The Morgan fingerprint density at radius 3 is 2.12 bits per heavy atom. The first-order valence-electron chi connectivity index (χ1n) is 10.9. The van der Waals surface area contributed by atoms with Crippen molar-refractivity contribution < 1.29 is 19.4 Å². The number of aryl methyl sites for hydroxylation is 1. The monoisotopic (exact) mass is 471 g/mol. The molecule has 1 unspecified atom stereocenters.